The Bertz CT molecular complexity index is 3890. The largest absolute Gasteiger partial charge is 0.456 e. The molecule has 2 aliphatic rings. The summed E-state index contributed by atoms with van der Waals surface area (Å²) in [5, 5.41) is 2.15. The topological polar surface area (TPSA) is 51.8 Å². The van der Waals surface area contributed by atoms with E-state index in [1.807, 2.05) is 54.6 Å². The minimum absolute atomic E-state index is 0.589. The third-order valence-electron chi connectivity index (χ3n) is 14.2. The molecule has 2 aliphatic carbocycles. The number of benzene rings is 10. The minimum atomic E-state index is -0.603. The van der Waals surface area contributed by atoms with Gasteiger partial charge in [0.2, 0.25) is 0 Å². The molecule has 1 spiro atoms. The number of fused-ring (bicyclic) bond motifs is 17. The molecule has 12 aromatic rings. The van der Waals surface area contributed by atoms with Crippen molar-refractivity contribution in [2.24, 2.45) is 0 Å². The highest BCUT2D eigenvalue weighted by Crippen LogP contribution is 2.61. The molecule has 2 aromatic heterocycles. The van der Waals surface area contributed by atoms with Crippen molar-refractivity contribution in [1.29, 1.82) is 0 Å². The van der Waals surface area contributed by atoms with Crippen molar-refractivity contribution < 1.29 is 4.42 Å². The minimum Gasteiger partial charge on any atom is -0.456 e. The van der Waals surface area contributed by atoms with Gasteiger partial charge in [-0.15, -0.1) is 0 Å². The molecular weight excluding hydrogens is 827 g/mol. The Morgan fingerprint density at radius 1 is 0.250 bits per heavy atom. The molecule has 316 valence electrons. The molecular formula is C64H39N3O. The van der Waals surface area contributed by atoms with Crippen LogP contribution >= 0.6 is 0 Å². The Morgan fingerprint density at radius 2 is 0.647 bits per heavy atom. The van der Waals surface area contributed by atoms with Gasteiger partial charge in [-0.1, -0.05) is 212 Å². The number of aromatic nitrogens is 3. The Balaban J connectivity index is 0.918. The van der Waals surface area contributed by atoms with Gasteiger partial charge in [0, 0.05) is 27.5 Å². The van der Waals surface area contributed by atoms with E-state index in [1.54, 1.807) is 0 Å². The highest BCUT2D eigenvalue weighted by molar-refractivity contribution is 6.06. The molecule has 68 heavy (non-hydrogen) atoms. The Hall–Kier alpha value is -8.99. The van der Waals surface area contributed by atoms with E-state index in [1.165, 1.54) is 66.8 Å². The molecule has 0 aliphatic heterocycles. The van der Waals surface area contributed by atoms with Gasteiger partial charge in [-0.3, -0.25) is 0 Å². The van der Waals surface area contributed by atoms with Crippen molar-refractivity contribution in [1.82, 2.24) is 15.0 Å². The van der Waals surface area contributed by atoms with Gasteiger partial charge < -0.3 is 4.42 Å². The number of rotatable bonds is 4. The van der Waals surface area contributed by atoms with Gasteiger partial charge in [0.1, 0.15) is 11.2 Å². The zero-order valence-electron chi connectivity index (χ0n) is 36.8. The second kappa shape index (κ2) is 15.0. The van der Waals surface area contributed by atoms with Crippen molar-refractivity contribution in [3.05, 3.63) is 259 Å². The standard InChI is InChI=1S/C64H39N3O/c1-2-16-41(17-3-1)61-65-62(67-63(66-61)44-34-36-53-52-25-11-15-29-59(52)68-60(53)39-44)42-32-30-40(31-33-42)43-35-37-58-54(38-43)51-24-10-14-28-57(51)64(58)55-26-12-8-22-49(55)47-20-6-4-18-45(47)46-19-5-7-21-48(46)50-23-9-13-27-56(50)64/h1-39H. The molecule has 0 amide bonds. The van der Waals surface area contributed by atoms with Crippen molar-refractivity contribution in [3.63, 3.8) is 0 Å². The fourth-order valence-electron chi connectivity index (χ4n) is 11.2. The normalized spacial score (nSPS) is 12.8. The summed E-state index contributed by atoms with van der Waals surface area (Å²) in [5.74, 6) is 1.81. The number of para-hydroxylation sites is 1. The summed E-state index contributed by atoms with van der Waals surface area (Å²) in [7, 11) is 0. The summed E-state index contributed by atoms with van der Waals surface area (Å²) in [6.45, 7) is 0. The summed E-state index contributed by atoms with van der Waals surface area (Å²) < 4.78 is 6.28. The molecule has 0 fully saturated rings. The van der Waals surface area contributed by atoms with E-state index < -0.39 is 5.41 Å². The van der Waals surface area contributed by atoms with Gasteiger partial charge in [0.25, 0.3) is 0 Å². The smallest absolute Gasteiger partial charge is 0.164 e. The van der Waals surface area contributed by atoms with E-state index in [4.69, 9.17) is 19.4 Å². The summed E-state index contributed by atoms with van der Waals surface area (Å²) in [4.78, 5) is 15.2. The third-order valence-corrected chi connectivity index (χ3v) is 14.2. The molecule has 10 aromatic carbocycles. The van der Waals surface area contributed by atoms with Crippen LogP contribution in [-0.2, 0) is 5.41 Å². The third kappa shape index (κ3) is 5.71. The van der Waals surface area contributed by atoms with E-state index in [0.29, 0.717) is 17.5 Å². The van der Waals surface area contributed by atoms with Crippen LogP contribution in [0.5, 0.6) is 0 Å². The highest BCUT2D eigenvalue weighted by atomic mass is 16.3. The highest BCUT2D eigenvalue weighted by Gasteiger charge is 2.49. The van der Waals surface area contributed by atoms with Gasteiger partial charge in [-0.05, 0) is 102 Å². The first kappa shape index (κ1) is 38.3. The van der Waals surface area contributed by atoms with Gasteiger partial charge in [0.05, 0.1) is 5.41 Å². The zero-order valence-corrected chi connectivity index (χ0v) is 36.8. The molecule has 0 unspecified atom stereocenters. The summed E-state index contributed by atoms with van der Waals surface area (Å²) in [5.41, 5.74) is 21.0. The Labute approximate surface area is 393 Å². The van der Waals surface area contributed by atoms with Gasteiger partial charge in [0.15, 0.2) is 17.5 Å². The van der Waals surface area contributed by atoms with Crippen molar-refractivity contribution in [2.75, 3.05) is 0 Å². The molecule has 4 heteroatoms. The van der Waals surface area contributed by atoms with Crippen LogP contribution in [0.25, 0.3) is 112 Å². The van der Waals surface area contributed by atoms with Crippen LogP contribution in [-0.4, -0.2) is 15.0 Å². The van der Waals surface area contributed by atoms with Crippen LogP contribution in [0.4, 0.5) is 0 Å². The number of hydrogen-bond acceptors (Lipinski definition) is 4. The SMILES string of the molecule is c1ccc(-c2nc(-c3ccc(-c4ccc5c(c4)-c4ccccc4C54c5ccccc5-c5ccccc5-c5ccccc5-c5ccccc54)cc3)nc(-c3ccc4c(c3)oc3ccccc34)n2)cc1. The summed E-state index contributed by atoms with van der Waals surface area (Å²) in [6.07, 6.45) is 0. The maximum absolute atomic E-state index is 6.28. The maximum Gasteiger partial charge on any atom is 0.164 e. The van der Waals surface area contributed by atoms with Crippen LogP contribution in [0.1, 0.15) is 22.3 Å². The molecule has 2 heterocycles. The first-order chi connectivity index (χ1) is 33.7. The van der Waals surface area contributed by atoms with Crippen LogP contribution in [0.2, 0.25) is 0 Å². The lowest BCUT2D eigenvalue weighted by atomic mass is 9.64. The summed E-state index contributed by atoms with van der Waals surface area (Å²) in [6, 6.07) is 85.3. The predicted octanol–water partition coefficient (Wildman–Crippen LogP) is 16.1. The molecule has 0 N–H and O–H groups in total. The van der Waals surface area contributed by atoms with Crippen molar-refractivity contribution in [2.45, 2.75) is 5.41 Å². The lowest BCUT2D eigenvalue weighted by Gasteiger charge is -2.37. The number of hydrogen-bond donors (Lipinski definition) is 0. The lowest BCUT2D eigenvalue weighted by molar-refractivity contribution is 0.669. The zero-order chi connectivity index (χ0) is 44.8. The van der Waals surface area contributed by atoms with E-state index in [0.717, 1.165) is 49.8 Å². The molecule has 0 saturated heterocycles. The van der Waals surface area contributed by atoms with E-state index in [-0.39, 0.29) is 0 Å². The average molecular weight is 866 g/mol. The van der Waals surface area contributed by atoms with Crippen LogP contribution in [0, 0.1) is 0 Å². The van der Waals surface area contributed by atoms with Crippen LogP contribution in [0.3, 0.4) is 0 Å². The monoisotopic (exact) mass is 865 g/mol. The van der Waals surface area contributed by atoms with Crippen molar-refractivity contribution in [3.8, 4) is 89.8 Å². The van der Waals surface area contributed by atoms with Gasteiger partial charge >= 0.3 is 0 Å². The van der Waals surface area contributed by atoms with Crippen LogP contribution in [0.15, 0.2) is 241 Å². The Kier molecular flexibility index (Phi) is 8.46. The molecule has 14 rings (SSSR count). The van der Waals surface area contributed by atoms with Crippen molar-refractivity contribution >= 4 is 21.9 Å². The van der Waals surface area contributed by atoms with E-state index in [2.05, 4.69) is 182 Å². The quantitative estimate of drug-likeness (QED) is 0.177. The number of furan rings is 1. The Morgan fingerprint density at radius 3 is 1.25 bits per heavy atom. The first-order valence-electron chi connectivity index (χ1n) is 23.2. The molecule has 0 saturated carbocycles. The molecule has 0 atom stereocenters. The first-order valence-corrected chi connectivity index (χ1v) is 23.2. The fourth-order valence-corrected chi connectivity index (χ4v) is 11.2. The lowest BCUT2D eigenvalue weighted by Crippen LogP contribution is -2.30. The maximum atomic E-state index is 6.28. The van der Waals surface area contributed by atoms with Crippen LogP contribution < -0.4 is 0 Å². The average Bonchev–Trinajstić information content (AvgIpc) is 3.95. The predicted molar refractivity (Wildman–Crippen MR) is 276 cm³/mol. The number of nitrogens with zero attached hydrogens (tertiary/aromatic N) is 3. The second-order valence-electron chi connectivity index (χ2n) is 17.8. The fraction of sp³-hybridized carbons (Fsp3) is 0.0156. The molecule has 4 nitrogen and oxygen atoms in total. The van der Waals surface area contributed by atoms with E-state index >= 15 is 0 Å². The van der Waals surface area contributed by atoms with Gasteiger partial charge in [-0.25, -0.2) is 15.0 Å². The summed E-state index contributed by atoms with van der Waals surface area (Å²) >= 11 is 0. The molecule has 0 bridgehead atoms. The van der Waals surface area contributed by atoms with E-state index in [9.17, 15) is 0 Å². The second-order valence-corrected chi connectivity index (χ2v) is 17.8. The molecule has 0 radical (unpaired) electrons. The van der Waals surface area contributed by atoms with Gasteiger partial charge in [-0.2, -0.15) is 0 Å².